The summed E-state index contributed by atoms with van der Waals surface area (Å²) in [7, 11) is 0. The fraction of sp³-hybridized carbons (Fsp3) is 0.231. The van der Waals surface area contributed by atoms with Crippen LogP contribution in [0, 0.1) is 24.0 Å². The molecule has 108 valence electrons. The molecule has 0 amide bonds. The normalized spacial score (nSPS) is 11.0. The Bertz CT molecular complexity index is 789. The van der Waals surface area contributed by atoms with E-state index in [0.717, 1.165) is 4.88 Å². The zero-order valence-electron chi connectivity index (χ0n) is 11.4. The van der Waals surface area contributed by atoms with Crippen LogP contribution in [-0.4, -0.2) is 19.7 Å². The smallest absolute Gasteiger partial charge is 0.312 e. The van der Waals surface area contributed by atoms with Gasteiger partial charge in [0.25, 0.3) is 0 Å². The molecular weight excluding hydrogens is 292 g/mol. The van der Waals surface area contributed by atoms with Gasteiger partial charge in [0, 0.05) is 0 Å². The summed E-state index contributed by atoms with van der Waals surface area (Å²) >= 11 is 1.54. The van der Waals surface area contributed by atoms with Crippen LogP contribution >= 0.6 is 11.3 Å². The van der Waals surface area contributed by atoms with E-state index in [4.69, 9.17) is 4.42 Å². The molecule has 3 aromatic rings. The van der Waals surface area contributed by atoms with Crippen molar-refractivity contribution in [3.05, 3.63) is 51.0 Å². The van der Waals surface area contributed by atoms with Gasteiger partial charge in [-0.1, -0.05) is 6.07 Å². The molecule has 0 aliphatic heterocycles. The minimum Gasteiger partial charge on any atom is -0.443 e. The third-order valence-electron chi connectivity index (χ3n) is 3.12. The standard InChI is InChI=1S/C13H12N4O3S/c1-8-12(17(18)19)9(2)16(15-8)6-10-7-20-13(14-10)11-4-3-5-21-11/h3-5,7H,6H2,1-2H3. The summed E-state index contributed by atoms with van der Waals surface area (Å²) in [5, 5.41) is 17.1. The summed E-state index contributed by atoms with van der Waals surface area (Å²) in [6.45, 7) is 3.65. The fourth-order valence-electron chi connectivity index (χ4n) is 2.15. The van der Waals surface area contributed by atoms with Gasteiger partial charge >= 0.3 is 5.69 Å². The average molecular weight is 304 g/mol. The number of rotatable bonds is 4. The van der Waals surface area contributed by atoms with E-state index < -0.39 is 4.92 Å². The van der Waals surface area contributed by atoms with E-state index in [2.05, 4.69) is 10.1 Å². The van der Waals surface area contributed by atoms with Gasteiger partial charge in [0.1, 0.15) is 23.3 Å². The maximum Gasteiger partial charge on any atom is 0.312 e. The van der Waals surface area contributed by atoms with Crippen molar-refractivity contribution in [2.24, 2.45) is 0 Å². The van der Waals surface area contributed by atoms with Crippen LogP contribution in [0.25, 0.3) is 10.8 Å². The highest BCUT2D eigenvalue weighted by Gasteiger charge is 2.22. The monoisotopic (exact) mass is 304 g/mol. The van der Waals surface area contributed by atoms with Crippen LogP contribution in [0.4, 0.5) is 5.69 Å². The predicted molar refractivity (Wildman–Crippen MR) is 77.3 cm³/mol. The van der Waals surface area contributed by atoms with Crippen LogP contribution in [0.2, 0.25) is 0 Å². The molecule has 0 N–H and O–H groups in total. The van der Waals surface area contributed by atoms with Crippen LogP contribution in [0.5, 0.6) is 0 Å². The van der Waals surface area contributed by atoms with Crippen molar-refractivity contribution >= 4 is 17.0 Å². The molecular formula is C13H12N4O3S. The number of hydrogen-bond donors (Lipinski definition) is 0. The summed E-state index contributed by atoms with van der Waals surface area (Å²) in [6.07, 6.45) is 1.55. The van der Waals surface area contributed by atoms with E-state index >= 15 is 0 Å². The number of nitrogens with zero attached hydrogens (tertiary/aromatic N) is 4. The molecule has 0 unspecified atom stereocenters. The number of hydrogen-bond acceptors (Lipinski definition) is 6. The first-order chi connectivity index (χ1) is 10.1. The number of thiophene rings is 1. The Kier molecular flexibility index (Phi) is 3.30. The Morgan fingerprint density at radius 2 is 2.29 bits per heavy atom. The van der Waals surface area contributed by atoms with Crippen molar-refractivity contribution in [2.45, 2.75) is 20.4 Å². The van der Waals surface area contributed by atoms with E-state index in [1.54, 1.807) is 36.1 Å². The molecule has 7 nitrogen and oxygen atoms in total. The van der Waals surface area contributed by atoms with E-state index in [1.165, 1.54) is 0 Å². The van der Waals surface area contributed by atoms with E-state index in [0.29, 0.717) is 29.5 Å². The van der Waals surface area contributed by atoms with Crippen molar-refractivity contribution < 1.29 is 9.34 Å². The molecule has 3 rings (SSSR count). The molecule has 0 saturated heterocycles. The van der Waals surface area contributed by atoms with Crippen LogP contribution in [-0.2, 0) is 6.54 Å². The Morgan fingerprint density at radius 3 is 2.90 bits per heavy atom. The van der Waals surface area contributed by atoms with Crippen molar-refractivity contribution in [1.29, 1.82) is 0 Å². The van der Waals surface area contributed by atoms with Gasteiger partial charge in [-0.05, 0) is 25.3 Å². The Morgan fingerprint density at radius 1 is 1.48 bits per heavy atom. The van der Waals surface area contributed by atoms with Gasteiger partial charge in [-0.25, -0.2) is 4.98 Å². The topological polar surface area (TPSA) is 87.0 Å². The quantitative estimate of drug-likeness (QED) is 0.545. The summed E-state index contributed by atoms with van der Waals surface area (Å²) in [4.78, 5) is 15.9. The maximum atomic E-state index is 11.0. The molecule has 0 radical (unpaired) electrons. The van der Waals surface area contributed by atoms with Gasteiger partial charge in [-0.3, -0.25) is 14.8 Å². The Labute approximate surface area is 124 Å². The Balaban J connectivity index is 1.88. The van der Waals surface area contributed by atoms with E-state index in [-0.39, 0.29) is 5.69 Å². The van der Waals surface area contributed by atoms with Crippen molar-refractivity contribution in [1.82, 2.24) is 14.8 Å². The highest BCUT2D eigenvalue weighted by molar-refractivity contribution is 7.13. The SMILES string of the molecule is Cc1nn(Cc2coc(-c3cccs3)n2)c(C)c1[N+](=O)[O-]. The lowest BCUT2D eigenvalue weighted by Crippen LogP contribution is -2.04. The van der Waals surface area contributed by atoms with Crippen LogP contribution < -0.4 is 0 Å². The first-order valence-electron chi connectivity index (χ1n) is 6.23. The third-order valence-corrected chi connectivity index (χ3v) is 3.98. The molecule has 0 aliphatic carbocycles. The molecule has 3 aromatic heterocycles. The van der Waals surface area contributed by atoms with Crippen LogP contribution in [0.15, 0.2) is 28.2 Å². The second kappa shape index (κ2) is 5.13. The largest absolute Gasteiger partial charge is 0.443 e. The van der Waals surface area contributed by atoms with Crippen molar-refractivity contribution in [3.63, 3.8) is 0 Å². The zero-order valence-corrected chi connectivity index (χ0v) is 12.3. The minimum absolute atomic E-state index is 0.0528. The van der Waals surface area contributed by atoms with Crippen molar-refractivity contribution in [3.8, 4) is 10.8 Å². The first kappa shape index (κ1) is 13.5. The fourth-order valence-corrected chi connectivity index (χ4v) is 2.81. The maximum absolute atomic E-state index is 11.0. The lowest BCUT2D eigenvalue weighted by molar-refractivity contribution is -0.386. The summed E-state index contributed by atoms with van der Waals surface area (Å²) in [5.41, 5.74) is 1.65. The first-order valence-corrected chi connectivity index (χ1v) is 7.11. The lowest BCUT2D eigenvalue weighted by Gasteiger charge is -1.99. The molecule has 3 heterocycles. The molecule has 8 heteroatoms. The molecule has 0 aliphatic rings. The number of aromatic nitrogens is 3. The second-order valence-corrected chi connectivity index (χ2v) is 5.50. The summed E-state index contributed by atoms with van der Waals surface area (Å²) < 4.78 is 7.00. The summed E-state index contributed by atoms with van der Waals surface area (Å²) in [5.74, 6) is 0.552. The molecule has 0 fully saturated rings. The minimum atomic E-state index is -0.409. The zero-order chi connectivity index (χ0) is 15.0. The molecule has 0 aromatic carbocycles. The Hall–Kier alpha value is -2.48. The molecule has 21 heavy (non-hydrogen) atoms. The molecule has 0 bridgehead atoms. The average Bonchev–Trinajstić information content (AvgIpc) is 3.11. The number of aryl methyl sites for hydroxylation is 1. The van der Waals surface area contributed by atoms with Crippen LogP contribution in [0.1, 0.15) is 17.1 Å². The van der Waals surface area contributed by atoms with Gasteiger partial charge in [0.15, 0.2) is 0 Å². The number of nitro groups is 1. The molecule has 0 spiro atoms. The van der Waals surface area contributed by atoms with Gasteiger partial charge in [-0.2, -0.15) is 5.10 Å². The van der Waals surface area contributed by atoms with Gasteiger partial charge < -0.3 is 4.42 Å². The highest BCUT2D eigenvalue weighted by atomic mass is 32.1. The molecule has 0 atom stereocenters. The highest BCUT2D eigenvalue weighted by Crippen LogP contribution is 2.25. The van der Waals surface area contributed by atoms with Gasteiger partial charge in [0.2, 0.25) is 5.89 Å². The third kappa shape index (κ3) is 2.45. The van der Waals surface area contributed by atoms with Gasteiger partial charge in [-0.15, -0.1) is 11.3 Å². The number of oxazole rings is 1. The predicted octanol–water partition coefficient (Wildman–Crippen LogP) is 3.17. The van der Waals surface area contributed by atoms with Crippen molar-refractivity contribution in [2.75, 3.05) is 0 Å². The van der Waals surface area contributed by atoms with Crippen LogP contribution in [0.3, 0.4) is 0 Å². The lowest BCUT2D eigenvalue weighted by atomic mass is 10.3. The van der Waals surface area contributed by atoms with E-state index in [9.17, 15) is 10.1 Å². The summed E-state index contributed by atoms with van der Waals surface area (Å²) in [6, 6.07) is 3.85. The molecule has 0 saturated carbocycles. The second-order valence-electron chi connectivity index (χ2n) is 4.56. The van der Waals surface area contributed by atoms with Gasteiger partial charge in [0.05, 0.1) is 16.3 Å². The van der Waals surface area contributed by atoms with E-state index in [1.807, 2.05) is 17.5 Å².